The molecule has 166 valence electrons. The molecule has 32 heavy (non-hydrogen) atoms. The third-order valence-electron chi connectivity index (χ3n) is 6.04. The molecule has 6 nitrogen and oxygen atoms in total. The molecule has 0 spiro atoms. The first-order valence-corrected chi connectivity index (χ1v) is 12.1. The molecule has 0 N–H and O–H groups in total. The Morgan fingerprint density at radius 3 is 2.50 bits per heavy atom. The van der Waals surface area contributed by atoms with Crippen LogP contribution in [0.2, 0.25) is 0 Å². The smallest absolute Gasteiger partial charge is 0.387 e. The van der Waals surface area contributed by atoms with E-state index in [4.69, 9.17) is 0 Å². The van der Waals surface area contributed by atoms with Crippen LogP contribution in [0.3, 0.4) is 0 Å². The van der Waals surface area contributed by atoms with Gasteiger partial charge in [0.05, 0.1) is 28.2 Å². The molecule has 3 aromatic rings. The van der Waals surface area contributed by atoms with E-state index in [0.717, 1.165) is 18.4 Å². The zero-order valence-electron chi connectivity index (χ0n) is 17.2. The van der Waals surface area contributed by atoms with Crippen LogP contribution in [0, 0.1) is 17.2 Å². The summed E-state index contributed by atoms with van der Waals surface area (Å²) in [6, 6.07) is 14.1. The predicted octanol–water partition coefficient (Wildman–Crippen LogP) is 4.73. The van der Waals surface area contributed by atoms with Gasteiger partial charge in [0.15, 0.2) is 0 Å². The first-order valence-electron chi connectivity index (χ1n) is 10.5. The molecular weight excluding hydrogens is 436 g/mol. The second-order valence-electron chi connectivity index (χ2n) is 8.24. The molecule has 1 aliphatic carbocycles. The number of sulfonamides is 1. The van der Waals surface area contributed by atoms with Gasteiger partial charge in [-0.2, -0.15) is 14.0 Å². The lowest BCUT2D eigenvalue weighted by Gasteiger charge is -2.17. The van der Waals surface area contributed by atoms with Crippen LogP contribution >= 0.6 is 0 Å². The number of nitriles is 1. The van der Waals surface area contributed by atoms with Gasteiger partial charge in [0.1, 0.15) is 11.8 Å². The summed E-state index contributed by atoms with van der Waals surface area (Å²) < 4.78 is 58.0. The number of benzene rings is 2. The minimum atomic E-state index is -3.28. The highest BCUT2D eigenvalue weighted by atomic mass is 32.2. The van der Waals surface area contributed by atoms with Gasteiger partial charge in [-0.05, 0) is 55.0 Å². The van der Waals surface area contributed by atoms with Crippen LogP contribution in [-0.4, -0.2) is 31.9 Å². The van der Waals surface area contributed by atoms with Crippen LogP contribution in [0.1, 0.15) is 24.8 Å². The molecule has 2 fully saturated rings. The van der Waals surface area contributed by atoms with Crippen molar-refractivity contribution in [3.8, 4) is 23.1 Å². The molecule has 2 aliphatic rings. The number of rotatable bonds is 6. The van der Waals surface area contributed by atoms with Crippen LogP contribution in [0.15, 0.2) is 42.5 Å². The SMILES string of the molecule is N#Cc1c(-c2ccc(N3CCCS3(=O)=O)cc2)n(CC2CC2)c2cc(OC(F)F)ccc12. The van der Waals surface area contributed by atoms with Crippen molar-refractivity contribution in [2.45, 2.75) is 32.4 Å². The van der Waals surface area contributed by atoms with Gasteiger partial charge in [-0.25, -0.2) is 8.42 Å². The minimum Gasteiger partial charge on any atom is -0.435 e. The Morgan fingerprint density at radius 1 is 1.16 bits per heavy atom. The molecule has 0 amide bonds. The summed E-state index contributed by atoms with van der Waals surface area (Å²) in [5.74, 6) is 0.670. The van der Waals surface area contributed by atoms with Crippen molar-refractivity contribution in [2.75, 3.05) is 16.6 Å². The zero-order chi connectivity index (χ0) is 22.5. The van der Waals surface area contributed by atoms with Crippen molar-refractivity contribution in [1.82, 2.24) is 4.57 Å². The van der Waals surface area contributed by atoms with Crippen LogP contribution in [0.4, 0.5) is 14.5 Å². The van der Waals surface area contributed by atoms with E-state index in [-0.39, 0.29) is 11.5 Å². The van der Waals surface area contributed by atoms with Crippen molar-refractivity contribution in [3.63, 3.8) is 0 Å². The van der Waals surface area contributed by atoms with Crippen molar-refractivity contribution in [1.29, 1.82) is 5.26 Å². The Morgan fingerprint density at radius 2 is 1.91 bits per heavy atom. The normalized spacial score (nSPS) is 17.8. The fourth-order valence-electron chi connectivity index (χ4n) is 4.38. The standard InChI is InChI=1S/C23H21F2N3O3S/c24-23(25)31-18-8-9-19-20(13-26)22(27(21(19)12-18)14-15-2-3-15)16-4-6-17(7-5-16)28-10-1-11-32(28,29)30/h4-9,12,15,23H,1-3,10-11,14H2. The van der Waals surface area contributed by atoms with Crippen molar-refractivity contribution in [3.05, 3.63) is 48.0 Å². The maximum absolute atomic E-state index is 12.7. The average molecular weight is 458 g/mol. The van der Waals surface area contributed by atoms with Gasteiger partial charge in [0.25, 0.3) is 0 Å². The lowest BCUT2D eigenvalue weighted by molar-refractivity contribution is -0.0497. The Balaban J connectivity index is 1.63. The fourth-order valence-corrected chi connectivity index (χ4v) is 5.95. The monoisotopic (exact) mass is 457 g/mol. The lowest BCUT2D eigenvalue weighted by atomic mass is 10.1. The summed E-state index contributed by atoms with van der Waals surface area (Å²) in [7, 11) is -3.28. The van der Waals surface area contributed by atoms with E-state index in [9.17, 15) is 22.5 Å². The Labute approximate surface area is 184 Å². The third kappa shape index (κ3) is 3.69. The first-order chi connectivity index (χ1) is 15.4. The van der Waals surface area contributed by atoms with Gasteiger partial charge in [-0.15, -0.1) is 0 Å². The van der Waals surface area contributed by atoms with Gasteiger partial charge in [-0.3, -0.25) is 4.31 Å². The summed E-state index contributed by atoms with van der Waals surface area (Å²) in [6.07, 6.45) is 2.77. The predicted molar refractivity (Wildman–Crippen MR) is 117 cm³/mol. The number of anilines is 1. The molecular formula is C23H21F2N3O3S. The molecule has 1 aromatic heterocycles. The lowest BCUT2D eigenvalue weighted by Crippen LogP contribution is -2.24. The highest BCUT2D eigenvalue weighted by molar-refractivity contribution is 7.93. The van der Waals surface area contributed by atoms with Gasteiger partial charge in [0, 0.05) is 24.5 Å². The second-order valence-corrected chi connectivity index (χ2v) is 10.2. The molecule has 1 saturated heterocycles. The average Bonchev–Trinajstić information content (AvgIpc) is 3.43. The maximum atomic E-state index is 12.7. The molecule has 1 aliphatic heterocycles. The van der Waals surface area contributed by atoms with Crippen molar-refractivity contribution in [2.24, 2.45) is 5.92 Å². The van der Waals surface area contributed by atoms with Crippen molar-refractivity contribution < 1.29 is 21.9 Å². The molecule has 0 radical (unpaired) electrons. The third-order valence-corrected chi connectivity index (χ3v) is 7.91. The minimum absolute atomic E-state index is 0.0488. The Kier molecular flexibility index (Phi) is 5.05. The number of aromatic nitrogens is 1. The van der Waals surface area contributed by atoms with E-state index in [1.54, 1.807) is 24.3 Å². The van der Waals surface area contributed by atoms with E-state index >= 15 is 0 Å². The highest BCUT2D eigenvalue weighted by Gasteiger charge is 2.29. The molecule has 0 unspecified atom stereocenters. The Bertz CT molecular complexity index is 1320. The largest absolute Gasteiger partial charge is 0.435 e. The number of fused-ring (bicyclic) bond motifs is 1. The molecule has 0 atom stereocenters. The second kappa shape index (κ2) is 7.78. The van der Waals surface area contributed by atoms with E-state index in [1.807, 2.05) is 16.7 Å². The fraction of sp³-hybridized carbons (Fsp3) is 0.348. The number of hydrogen-bond donors (Lipinski definition) is 0. The quantitative estimate of drug-likeness (QED) is 0.536. The molecule has 1 saturated carbocycles. The summed E-state index contributed by atoms with van der Waals surface area (Å²) >= 11 is 0. The van der Waals surface area contributed by atoms with E-state index < -0.39 is 16.6 Å². The first kappa shape index (κ1) is 20.8. The topological polar surface area (TPSA) is 75.3 Å². The van der Waals surface area contributed by atoms with Gasteiger partial charge < -0.3 is 9.30 Å². The maximum Gasteiger partial charge on any atom is 0.387 e. The Hall–Kier alpha value is -3.12. The van der Waals surface area contributed by atoms with Crippen LogP contribution in [0.5, 0.6) is 5.75 Å². The molecule has 0 bridgehead atoms. The van der Waals surface area contributed by atoms with Crippen molar-refractivity contribution >= 4 is 26.6 Å². The summed E-state index contributed by atoms with van der Waals surface area (Å²) in [4.78, 5) is 0. The number of ether oxygens (including phenoxy) is 1. The van der Waals surface area contributed by atoms with Gasteiger partial charge in [0.2, 0.25) is 10.0 Å². The van der Waals surface area contributed by atoms with Gasteiger partial charge >= 0.3 is 6.61 Å². The van der Waals surface area contributed by atoms with E-state index in [2.05, 4.69) is 10.8 Å². The highest BCUT2D eigenvalue weighted by Crippen LogP contribution is 2.40. The number of nitrogens with zero attached hydrogens (tertiary/aromatic N) is 3. The van der Waals surface area contributed by atoms with Crippen LogP contribution in [0.25, 0.3) is 22.2 Å². The van der Waals surface area contributed by atoms with E-state index in [1.165, 1.54) is 10.4 Å². The van der Waals surface area contributed by atoms with Gasteiger partial charge in [-0.1, -0.05) is 12.1 Å². The number of halogens is 2. The zero-order valence-corrected chi connectivity index (χ0v) is 18.0. The number of hydrogen-bond acceptors (Lipinski definition) is 4. The summed E-state index contributed by atoms with van der Waals surface area (Å²) in [6.45, 7) is -1.79. The molecule has 9 heteroatoms. The number of alkyl halides is 2. The van der Waals surface area contributed by atoms with Crippen LogP contribution in [-0.2, 0) is 16.6 Å². The summed E-state index contributed by atoms with van der Waals surface area (Å²) in [5, 5.41) is 10.6. The molecule has 2 heterocycles. The van der Waals surface area contributed by atoms with Crippen LogP contribution < -0.4 is 9.04 Å². The van der Waals surface area contributed by atoms with E-state index in [0.29, 0.717) is 53.3 Å². The summed E-state index contributed by atoms with van der Waals surface area (Å²) in [5.41, 5.74) is 3.22. The molecule has 5 rings (SSSR count). The molecule has 2 aromatic carbocycles.